The van der Waals surface area contributed by atoms with Gasteiger partial charge >= 0.3 is 0 Å². The molecule has 1 aliphatic heterocycles. The molecule has 26 heavy (non-hydrogen) atoms. The molecule has 0 N–H and O–H groups in total. The second kappa shape index (κ2) is 8.59. The van der Waals surface area contributed by atoms with Crippen LogP contribution in [-0.2, 0) is 21.2 Å². The number of nitrogens with zero attached hydrogens (tertiary/aromatic N) is 1. The molecule has 142 valence electrons. The highest BCUT2D eigenvalue weighted by molar-refractivity contribution is 7.89. The van der Waals surface area contributed by atoms with E-state index in [1.54, 1.807) is 28.6 Å². The average molecular weight is 434 g/mol. The van der Waals surface area contributed by atoms with Gasteiger partial charge < -0.3 is 4.74 Å². The molecule has 1 aromatic heterocycles. The minimum Gasteiger partial charge on any atom is -0.381 e. The summed E-state index contributed by atoms with van der Waals surface area (Å²) in [7, 11) is -3.73. The molecule has 4 nitrogen and oxygen atoms in total. The molecular formula is C18H21Cl2NO3S2. The lowest BCUT2D eigenvalue weighted by Crippen LogP contribution is -2.44. The van der Waals surface area contributed by atoms with E-state index < -0.39 is 10.0 Å². The lowest BCUT2D eigenvalue weighted by molar-refractivity contribution is 0.0587. The van der Waals surface area contributed by atoms with E-state index in [-0.39, 0.29) is 16.0 Å². The molecule has 2 heterocycles. The SMILES string of the molecule is Cc1cc(S(=O)(=O)N(CCc2cccs2)C2CCOCC2)c(Cl)cc1Cl. The predicted octanol–water partition coefficient (Wildman–Crippen LogP) is 4.78. The third-order valence-corrected chi connectivity index (χ3v) is 8.32. The van der Waals surface area contributed by atoms with E-state index in [2.05, 4.69) is 0 Å². The van der Waals surface area contributed by atoms with E-state index in [9.17, 15) is 8.42 Å². The van der Waals surface area contributed by atoms with Crippen molar-refractivity contribution in [1.29, 1.82) is 0 Å². The minimum atomic E-state index is -3.73. The predicted molar refractivity (Wildman–Crippen MR) is 107 cm³/mol. The summed E-state index contributed by atoms with van der Waals surface area (Å²) in [6.07, 6.45) is 2.06. The fourth-order valence-electron chi connectivity index (χ4n) is 3.10. The smallest absolute Gasteiger partial charge is 0.244 e. The quantitative estimate of drug-likeness (QED) is 0.658. The van der Waals surface area contributed by atoms with Crippen molar-refractivity contribution in [2.45, 2.75) is 37.1 Å². The summed E-state index contributed by atoms with van der Waals surface area (Å²) >= 11 is 14.0. The molecule has 0 radical (unpaired) electrons. The van der Waals surface area contributed by atoms with Crippen LogP contribution < -0.4 is 0 Å². The lowest BCUT2D eigenvalue weighted by Gasteiger charge is -2.33. The first-order valence-electron chi connectivity index (χ1n) is 8.47. The van der Waals surface area contributed by atoms with E-state index in [1.807, 2.05) is 17.5 Å². The summed E-state index contributed by atoms with van der Waals surface area (Å²) in [6.45, 7) is 3.35. The number of aryl methyl sites for hydroxylation is 1. The summed E-state index contributed by atoms with van der Waals surface area (Å²) in [5.74, 6) is 0. The van der Waals surface area contributed by atoms with Crippen molar-refractivity contribution in [3.05, 3.63) is 50.1 Å². The Hall–Kier alpha value is -0.630. The largest absolute Gasteiger partial charge is 0.381 e. The van der Waals surface area contributed by atoms with Crippen LogP contribution in [0.2, 0.25) is 10.0 Å². The van der Waals surface area contributed by atoms with Gasteiger partial charge in [-0.2, -0.15) is 4.31 Å². The van der Waals surface area contributed by atoms with Gasteiger partial charge in [0.05, 0.1) is 5.02 Å². The highest BCUT2D eigenvalue weighted by Gasteiger charge is 2.34. The van der Waals surface area contributed by atoms with E-state index in [1.165, 1.54) is 6.07 Å². The molecule has 0 amide bonds. The molecule has 0 bridgehead atoms. The van der Waals surface area contributed by atoms with Crippen molar-refractivity contribution in [2.24, 2.45) is 0 Å². The first-order chi connectivity index (χ1) is 12.4. The molecular weight excluding hydrogens is 413 g/mol. The number of ether oxygens (including phenoxy) is 1. The van der Waals surface area contributed by atoms with Crippen molar-refractivity contribution >= 4 is 44.6 Å². The van der Waals surface area contributed by atoms with E-state index in [0.29, 0.717) is 49.6 Å². The zero-order chi connectivity index (χ0) is 18.7. The number of halogens is 2. The highest BCUT2D eigenvalue weighted by Crippen LogP contribution is 2.32. The molecule has 3 rings (SSSR count). The van der Waals surface area contributed by atoms with Crippen LogP contribution in [0.15, 0.2) is 34.5 Å². The van der Waals surface area contributed by atoms with Crippen molar-refractivity contribution in [3.63, 3.8) is 0 Å². The molecule has 2 aromatic rings. The normalized spacial score (nSPS) is 16.3. The van der Waals surface area contributed by atoms with Crippen LogP contribution in [0.5, 0.6) is 0 Å². The number of hydrogen-bond donors (Lipinski definition) is 0. The van der Waals surface area contributed by atoms with Gasteiger partial charge in [0, 0.05) is 35.7 Å². The molecule has 0 aliphatic carbocycles. The molecule has 0 atom stereocenters. The summed E-state index contributed by atoms with van der Waals surface area (Å²) in [5.41, 5.74) is 0.694. The van der Waals surface area contributed by atoms with Gasteiger partial charge in [-0.3, -0.25) is 0 Å². The van der Waals surface area contributed by atoms with Crippen molar-refractivity contribution < 1.29 is 13.2 Å². The zero-order valence-corrected chi connectivity index (χ0v) is 17.6. The van der Waals surface area contributed by atoms with Crippen LogP contribution in [0.1, 0.15) is 23.3 Å². The number of rotatable bonds is 6. The molecule has 1 aliphatic rings. The first kappa shape index (κ1) is 20.1. The summed E-state index contributed by atoms with van der Waals surface area (Å²) in [4.78, 5) is 1.29. The van der Waals surface area contributed by atoms with E-state index >= 15 is 0 Å². The summed E-state index contributed by atoms with van der Waals surface area (Å²) in [6, 6.07) is 7.00. The van der Waals surface area contributed by atoms with Gasteiger partial charge in [-0.05, 0) is 55.3 Å². The molecule has 1 saturated heterocycles. The monoisotopic (exact) mass is 433 g/mol. The minimum absolute atomic E-state index is 0.0826. The summed E-state index contributed by atoms with van der Waals surface area (Å²) in [5, 5.41) is 2.63. The van der Waals surface area contributed by atoms with Crippen molar-refractivity contribution in [1.82, 2.24) is 4.31 Å². The topological polar surface area (TPSA) is 46.6 Å². The number of thiophene rings is 1. The van der Waals surface area contributed by atoms with Crippen LogP contribution in [0, 0.1) is 6.92 Å². The Balaban J connectivity index is 1.94. The van der Waals surface area contributed by atoms with Gasteiger partial charge in [0.15, 0.2) is 0 Å². The van der Waals surface area contributed by atoms with Crippen LogP contribution in [0.4, 0.5) is 0 Å². The lowest BCUT2D eigenvalue weighted by atomic mass is 10.1. The van der Waals surface area contributed by atoms with Gasteiger partial charge in [-0.1, -0.05) is 29.3 Å². The van der Waals surface area contributed by atoms with E-state index in [0.717, 1.165) is 4.88 Å². The maximum atomic E-state index is 13.4. The van der Waals surface area contributed by atoms with Crippen LogP contribution in [-0.4, -0.2) is 38.5 Å². The Morgan fingerprint density at radius 1 is 1.23 bits per heavy atom. The highest BCUT2D eigenvalue weighted by atomic mass is 35.5. The third-order valence-electron chi connectivity index (χ3n) is 4.56. The second-order valence-corrected chi connectivity index (χ2v) is 10.0. The molecule has 1 aromatic carbocycles. The number of hydrogen-bond acceptors (Lipinski definition) is 4. The van der Waals surface area contributed by atoms with Crippen molar-refractivity contribution in [3.8, 4) is 0 Å². The van der Waals surface area contributed by atoms with Crippen LogP contribution >= 0.6 is 34.5 Å². The van der Waals surface area contributed by atoms with Crippen molar-refractivity contribution in [2.75, 3.05) is 19.8 Å². The maximum absolute atomic E-state index is 13.4. The Kier molecular flexibility index (Phi) is 6.64. The van der Waals surface area contributed by atoms with Gasteiger partial charge in [-0.15, -0.1) is 11.3 Å². The van der Waals surface area contributed by atoms with Gasteiger partial charge in [0.1, 0.15) is 4.90 Å². The van der Waals surface area contributed by atoms with Gasteiger partial charge in [-0.25, -0.2) is 8.42 Å². The van der Waals surface area contributed by atoms with Gasteiger partial charge in [0.25, 0.3) is 0 Å². The summed E-state index contributed by atoms with van der Waals surface area (Å²) < 4.78 is 33.9. The maximum Gasteiger partial charge on any atom is 0.244 e. The number of sulfonamides is 1. The van der Waals surface area contributed by atoms with Crippen LogP contribution in [0.25, 0.3) is 0 Å². The second-order valence-electron chi connectivity index (χ2n) is 6.32. The van der Waals surface area contributed by atoms with Crippen LogP contribution in [0.3, 0.4) is 0 Å². The standard InChI is InChI=1S/C18H21Cl2NO3S2/c1-13-11-18(17(20)12-16(13)19)26(22,23)21(14-5-8-24-9-6-14)7-4-15-3-2-10-25-15/h2-3,10-12,14H,4-9H2,1H3. The zero-order valence-electron chi connectivity index (χ0n) is 14.5. The van der Waals surface area contributed by atoms with E-state index in [4.69, 9.17) is 27.9 Å². The van der Waals surface area contributed by atoms with Gasteiger partial charge in [0.2, 0.25) is 10.0 Å². The Labute approximate surface area is 168 Å². The fourth-order valence-corrected chi connectivity index (χ4v) is 6.29. The first-order valence-corrected chi connectivity index (χ1v) is 11.5. The average Bonchev–Trinajstić information content (AvgIpc) is 3.12. The molecule has 0 unspecified atom stereocenters. The Bertz CT molecular complexity index is 848. The molecule has 0 spiro atoms. The Morgan fingerprint density at radius 2 is 1.96 bits per heavy atom. The molecule has 0 saturated carbocycles. The molecule has 8 heteroatoms. The molecule has 1 fully saturated rings. The third kappa shape index (κ3) is 4.43. The Morgan fingerprint density at radius 3 is 2.62 bits per heavy atom. The fraction of sp³-hybridized carbons (Fsp3) is 0.444. The number of benzene rings is 1.